The van der Waals surface area contributed by atoms with Crippen LogP contribution in [0.4, 0.5) is 4.79 Å². The molecular formula is C15H22ClNO4S. The molecule has 7 heteroatoms. The van der Waals surface area contributed by atoms with Gasteiger partial charge in [0.25, 0.3) is 9.05 Å². The first-order valence-electron chi connectivity index (χ1n) is 7.01. The molecule has 0 saturated carbocycles. The van der Waals surface area contributed by atoms with Crippen LogP contribution < -0.4 is 0 Å². The summed E-state index contributed by atoms with van der Waals surface area (Å²) in [6, 6.07) is 9.76. The summed E-state index contributed by atoms with van der Waals surface area (Å²) in [5.74, 6) is -0.557. The lowest BCUT2D eigenvalue weighted by atomic mass is 10.1. The molecule has 0 spiro atoms. The lowest BCUT2D eigenvalue weighted by Gasteiger charge is -2.26. The number of rotatable bonds is 6. The van der Waals surface area contributed by atoms with Crippen molar-refractivity contribution in [3.63, 3.8) is 0 Å². The Balaban J connectivity index is 2.64. The summed E-state index contributed by atoms with van der Waals surface area (Å²) >= 11 is 0. The third kappa shape index (κ3) is 8.24. The number of hydrogen-bond donors (Lipinski definition) is 0. The van der Waals surface area contributed by atoms with Gasteiger partial charge in [-0.05, 0) is 39.2 Å². The van der Waals surface area contributed by atoms with Crippen LogP contribution in [0.15, 0.2) is 30.3 Å². The molecule has 0 aliphatic heterocycles. The average Bonchev–Trinajstić information content (AvgIpc) is 2.35. The Kier molecular flexibility index (Phi) is 6.68. The first-order chi connectivity index (χ1) is 10.1. The second-order valence-corrected chi connectivity index (χ2v) is 8.75. The summed E-state index contributed by atoms with van der Waals surface area (Å²) in [7, 11) is 1.44. The van der Waals surface area contributed by atoms with E-state index in [9.17, 15) is 13.2 Å². The number of nitrogens with zero attached hydrogens (tertiary/aromatic N) is 1. The maximum absolute atomic E-state index is 12.1. The van der Waals surface area contributed by atoms with Crippen LogP contribution in [0.25, 0.3) is 0 Å². The fraction of sp³-hybridized carbons (Fsp3) is 0.533. The smallest absolute Gasteiger partial charge is 0.411 e. The Bertz CT molecular complexity index is 581. The van der Waals surface area contributed by atoms with E-state index in [2.05, 4.69) is 0 Å². The van der Waals surface area contributed by atoms with Crippen LogP contribution in [-0.2, 0) is 20.2 Å². The van der Waals surface area contributed by atoms with Crippen molar-refractivity contribution in [1.29, 1.82) is 0 Å². The largest absolute Gasteiger partial charge is 0.444 e. The van der Waals surface area contributed by atoms with Crippen molar-refractivity contribution in [3.8, 4) is 0 Å². The van der Waals surface area contributed by atoms with Crippen molar-refractivity contribution in [2.45, 2.75) is 39.2 Å². The highest BCUT2D eigenvalue weighted by molar-refractivity contribution is 8.13. The fourth-order valence-corrected chi connectivity index (χ4v) is 2.80. The summed E-state index contributed by atoms with van der Waals surface area (Å²) < 4.78 is 27.7. The molecule has 0 aromatic heterocycles. The number of halogens is 1. The van der Waals surface area contributed by atoms with Gasteiger partial charge in [-0.1, -0.05) is 30.3 Å². The normalized spacial score (nSPS) is 12.0. The van der Waals surface area contributed by atoms with Gasteiger partial charge in [0.1, 0.15) is 11.5 Å². The summed E-state index contributed by atoms with van der Waals surface area (Å²) in [5, 5.41) is 0. The molecule has 0 atom stereocenters. The van der Waals surface area contributed by atoms with Crippen molar-refractivity contribution in [1.82, 2.24) is 4.90 Å². The lowest BCUT2D eigenvalue weighted by molar-refractivity contribution is 0.0282. The van der Waals surface area contributed by atoms with Gasteiger partial charge in [-0.25, -0.2) is 13.2 Å². The fourth-order valence-electron chi connectivity index (χ4n) is 1.84. The third-order valence-corrected chi connectivity index (χ3v) is 3.61. The van der Waals surface area contributed by atoms with Gasteiger partial charge in [0, 0.05) is 17.2 Å². The zero-order chi connectivity index (χ0) is 16.8. The molecule has 0 saturated heterocycles. The summed E-state index contributed by atoms with van der Waals surface area (Å²) in [6.07, 6.45) is 0.683. The third-order valence-electron chi connectivity index (χ3n) is 2.70. The number of benzene rings is 1. The van der Waals surface area contributed by atoms with Gasteiger partial charge >= 0.3 is 6.09 Å². The van der Waals surface area contributed by atoms with E-state index >= 15 is 0 Å². The molecule has 22 heavy (non-hydrogen) atoms. The van der Waals surface area contributed by atoms with Gasteiger partial charge in [0.05, 0.1) is 0 Å². The van der Waals surface area contributed by atoms with Crippen LogP contribution in [0, 0.1) is 0 Å². The SMILES string of the molecule is CC(C)(C)OC(=O)N(CCCc1ccccc1)CS(=O)(=O)Cl. The van der Waals surface area contributed by atoms with E-state index in [0.717, 1.165) is 16.9 Å². The van der Waals surface area contributed by atoms with Crippen molar-refractivity contribution >= 4 is 25.8 Å². The molecule has 5 nitrogen and oxygen atoms in total. The highest BCUT2D eigenvalue weighted by atomic mass is 35.7. The van der Waals surface area contributed by atoms with E-state index in [4.69, 9.17) is 15.4 Å². The van der Waals surface area contributed by atoms with Crippen molar-refractivity contribution in [2.24, 2.45) is 0 Å². The quantitative estimate of drug-likeness (QED) is 0.740. The van der Waals surface area contributed by atoms with E-state index in [0.29, 0.717) is 6.42 Å². The Morgan fingerprint density at radius 2 is 1.82 bits per heavy atom. The molecule has 1 rings (SSSR count). The molecule has 1 aromatic rings. The number of aryl methyl sites for hydroxylation is 1. The van der Waals surface area contributed by atoms with Gasteiger partial charge < -0.3 is 4.74 Å². The maximum Gasteiger partial charge on any atom is 0.411 e. The number of carbonyl (C=O) groups excluding carboxylic acids is 1. The van der Waals surface area contributed by atoms with E-state index in [1.54, 1.807) is 20.8 Å². The Labute approximate surface area is 136 Å². The van der Waals surface area contributed by atoms with Gasteiger partial charge in [0.15, 0.2) is 0 Å². The van der Waals surface area contributed by atoms with E-state index in [1.165, 1.54) is 0 Å². The van der Waals surface area contributed by atoms with E-state index in [1.807, 2.05) is 30.3 Å². The number of hydrogen-bond acceptors (Lipinski definition) is 4. The van der Waals surface area contributed by atoms with Crippen LogP contribution in [-0.4, -0.2) is 37.4 Å². The van der Waals surface area contributed by atoms with Gasteiger partial charge in [-0.3, -0.25) is 4.90 Å². The predicted molar refractivity (Wildman–Crippen MR) is 87.3 cm³/mol. The number of amides is 1. The van der Waals surface area contributed by atoms with Crippen molar-refractivity contribution < 1.29 is 17.9 Å². The molecule has 0 N–H and O–H groups in total. The Morgan fingerprint density at radius 3 is 2.32 bits per heavy atom. The predicted octanol–water partition coefficient (Wildman–Crippen LogP) is 3.38. The minimum Gasteiger partial charge on any atom is -0.444 e. The molecule has 124 valence electrons. The minimum atomic E-state index is -3.82. The second kappa shape index (κ2) is 7.83. The second-order valence-electron chi connectivity index (χ2n) is 6.00. The molecule has 0 aliphatic rings. The van der Waals surface area contributed by atoms with E-state index < -0.39 is 26.6 Å². The zero-order valence-corrected chi connectivity index (χ0v) is 14.7. The summed E-state index contributed by atoms with van der Waals surface area (Å²) in [5.41, 5.74) is 0.436. The maximum atomic E-state index is 12.1. The molecule has 1 amide bonds. The standard InChI is InChI=1S/C15H22ClNO4S/c1-15(2,3)21-14(18)17(12-22(16,19)20)11-7-10-13-8-5-4-6-9-13/h4-6,8-9H,7,10-12H2,1-3H3. The van der Waals surface area contributed by atoms with Crippen LogP contribution in [0.1, 0.15) is 32.8 Å². The highest BCUT2D eigenvalue weighted by Crippen LogP contribution is 2.13. The first kappa shape index (κ1) is 18.8. The average molecular weight is 348 g/mol. The van der Waals surface area contributed by atoms with Crippen molar-refractivity contribution in [3.05, 3.63) is 35.9 Å². The molecule has 0 bridgehead atoms. The van der Waals surface area contributed by atoms with E-state index in [-0.39, 0.29) is 6.54 Å². The minimum absolute atomic E-state index is 0.260. The Morgan fingerprint density at radius 1 is 1.23 bits per heavy atom. The van der Waals surface area contributed by atoms with Gasteiger partial charge in [-0.2, -0.15) is 0 Å². The summed E-state index contributed by atoms with van der Waals surface area (Å²) in [6.45, 7) is 5.43. The van der Waals surface area contributed by atoms with Crippen LogP contribution in [0.3, 0.4) is 0 Å². The van der Waals surface area contributed by atoms with Gasteiger partial charge in [-0.15, -0.1) is 0 Å². The number of carbonyl (C=O) groups is 1. The van der Waals surface area contributed by atoms with Crippen LogP contribution >= 0.6 is 10.7 Å². The van der Waals surface area contributed by atoms with Crippen LogP contribution in [0.2, 0.25) is 0 Å². The van der Waals surface area contributed by atoms with Gasteiger partial charge in [0.2, 0.25) is 0 Å². The lowest BCUT2D eigenvalue weighted by Crippen LogP contribution is -2.39. The van der Waals surface area contributed by atoms with Crippen molar-refractivity contribution in [2.75, 3.05) is 12.4 Å². The molecule has 0 heterocycles. The molecule has 1 aromatic carbocycles. The molecule has 0 aliphatic carbocycles. The van der Waals surface area contributed by atoms with Crippen LogP contribution in [0.5, 0.6) is 0 Å². The molecule has 0 radical (unpaired) electrons. The Hall–Kier alpha value is -1.27. The summed E-state index contributed by atoms with van der Waals surface area (Å²) in [4.78, 5) is 13.2. The zero-order valence-electron chi connectivity index (χ0n) is 13.1. The highest BCUT2D eigenvalue weighted by Gasteiger charge is 2.25. The monoisotopic (exact) mass is 347 g/mol. The first-order valence-corrected chi connectivity index (χ1v) is 9.49. The number of ether oxygens (including phenoxy) is 1. The molecular weight excluding hydrogens is 326 g/mol. The molecule has 0 unspecified atom stereocenters. The molecule has 0 fully saturated rings. The topological polar surface area (TPSA) is 63.7 Å².